The van der Waals surface area contributed by atoms with E-state index in [4.69, 9.17) is 4.74 Å². The Morgan fingerprint density at radius 3 is 2.76 bits per heavy atom. The van der Waals surface area contributed by atoms with Crippen molar-refractivity contribution in [2.24, 2.45) is 0 Å². The number of halogens is 1. The van der Waals surface area contributed by atoms with Crippen LogP contribution in [0.4, 0.5) is 4.39 Å². The summed E-state index contributed by atoms with van der Waals surface area (Å²) in [6, 6.07) is 9.40. The Morgan fingerprint density at radius 2 is 2.06 bits per heavy atom. The molecule has 1 aromatic carbocycles. The fourth-order valence-corrected chi connectivity index (χ4v) is 1.53. The molecule has 17 heavy (non-hydrogen) atoms. The van der Waals surface area contributed by atoms with Gasteiger partial charge in [-0.1, -0.05) is 12.1 Å². The molecule has 1 aromatic heterocycles. The van der Waals surface area contributed by atoms with E-state index in [1.165, 1.54) is 19.4 Å². The molecule has 4 heteroatoms. The third-order valence-corrected chi connectivity index (χ3v) is 2.34. The maximum Gasteiger partial charge on any atom is 0.213 e. The third kappa shape index (κ3) is 2.30. The summed E-state index contributed by atoms with van der Waals surface area (Å²) >= 11 is 0. The minimum Gasteiger partial charge on any atom is -0.496 e. The first-order valence-electron chi connectivity index (χ1n) is 5.01. The van der Waals surface area contributed by atoms with E-state index in [0.29, 0.717) is 11.3 Å². The lowest BCUT2D eigenvalue weighted by molar-refractivity contribution is 0.103. The molecular weight excluding hydrogens is 221 g/mol. The SMILES string of the molecule is COc1ccccc1C(=O)c1ccnc(F)c1. The fraction of sp³-hybridized carbons (Fsp3) is 0.0769. The molecule has 2 aromatic rings. The standard InChI is InChI=1S/C13H10FNO2/c1-17-11-5-3-2-4-10(11)13(16)9-6-7-15-12(14)8-9/h2-8H,1H3. The molecule has 0 fully saturated rings. The largest absolute Gasteiger partial charge is 0.496 e. The summed E-state index contributed by atoms with van der Waals surface area (Å²) in [4.78, 5) is 15.5. The Hall–Kier alpha value is -2.23. The quantitative estimate of drug-likeness (QED) is 0.601. The first kappa shape index (κ1) is 11.3. The topological polar surface area (TPSA) is 39.2 Å². The normalized spacial score (nSPS) is 10.0. The second-order valence-electron chi connectivity index (χ2n) is 3.40. The molecule has 2 rings (SSSR count). The Morgan fingerprint density at radius 1 is 1.29 bits per heavy atom. The Balaban J connectivity index is 2.44. The Kier molecular flexibility index (Phi) is 3.14. The summed E-state index contributed by atoms with van der Waals surface area (Å²) in [5, 5.41) is 0. The Bertz CT molecular complexity index is 555. The van der Waals surface area contributed by atoms with Crippen LogP contribution in [0.15, 0.2) is 42.6 Å². The van der Waals surface area contributed by atoms with E-state index in [1.54, 1.807) is 24.3 Å². The van der Waals surface area contributed by atoms with Gasteiger partial charge in [-0.05, 0) is 18.2 Å². The number of ether oxygens (including phenoxy) is 1. The summed E-state index contributed by atoms with van der Waals surface area (Å²) < 4.78 is 18.0. The van der Waals surface area contributed by atoms with Crippen molar-refractivity contribution in [1.82, 2.24) is 4.98 Å². The van der Waals surface area contributed by atoms with E-state index < -0.39 is 5.95 Å². The van der Waals surface area contributed by atoms with Gasteiger partial charge in [0.2, 0.25) is 5.95 Å². The van der Waals surface area contributed by atoms with Gasteiger partial charge in [-0.15, -0.1) is 0 Å². The zero-order valence-electron chi connectivity index (χ0n) is 9.18. The molecular formula is C13H10FNO2. The van der Waals surface area contributed by atoms with E-state index >= 15 is 0 Å². The van der Waals surface area contributed by atoms with E-state index in [1.807, 2.05) is 0 Å². The van der Waals surface area contributed by atoms with Crippen LogP contribution in [0, 0.1) is 5.95 Å². The molecule has 0 saturated carbocycles. The summed E-state index contributed by atoms with van der Waals surface area (Å²) in [6.07, 6.45) is 1.26. The highest BCUT2D eigenvalue weighted by Gasteiger charge is 2.14. The van der Waals surface area contributed by atoms with Gasteiger partial charge in [0.15, 0.2) is 5.78 Å². The van der Waals surface area contributed by atoms with Gasteiger partial charge in [0, 0.05) is 17.8 Å². The van der Waals surface area contributed by atoms with Gasteiger partial charge in [0.05, 0.1) is 12.7 Å². The molecule has 0 N–H and O–H groups in total. The fourth-order valence-electron chi connectivity index (χ4n) is 1.53. The number of hydrogen-bond donors (Lipinski definition) is 0. The van der Waals surface area contributed by atoms with Gasteiger partial charge in [-0.3, -0.25) is 4.79 Å². The molecule has 0 amide bonds. The van der Waals surface area contributed by atoms with Crippen molar-refractivity contribution < 1.29 is 13.9 Å². The van der Waals surface area contributed by atoms with E-state index in [9.17, 15) is 9.18 Å². The van der Waals surface area contributed by atoms with Crippen molar-refractivity contribution in [3.8, 4) is 5.75 Å². The first-order chi connectivity index (χ1) is 8.22. The van der Waals surface area contributed by atoms with Crippen LogP contribution >= 0.6 is 0 Å². The number of benzene rings is 1. The molecule has 0 aliphatic heterocycles. The Labute approximate surface area is 97.9 Å². The lowest BCUT2D eigenvalue weighted by Crippen LogP contribution is -2.04. The van der Waals surface area contributed by atoms with Crippen LogP contribution in [-0.2, 0) is 0 Å². The van der Waals surface area contributed by atoms with Crippen molar-refractivity contribution in [2.75, 3.05) is 7.11 Å². The van der Waals surface area contributed by atoms with Crippen LogP contribution < -0.4 is 4.74 Å². The van der Waals surface area contributed by atoms with Crippen molar-refractivity contribution >= 4 is 5.78 Å². The van der Waals surface area contributed by atoms with Crippen LogP contribution in [0.1, 0.15) is 15.9 Å². The van der Waals surface area contributed by atoms with Gasteiger partial charge in [-0.2, -0.15) is 4.39 Å². The van der Waals surface area contributed by atoms with Gasteiger partial charge in [0.1, 0.15) is 5.75 Å². The summed E-state index contributed by atoms with van der Waals surface area (Å²) in [5.41, 5.74) is 0.655. The summed E-state index contributed by atoms with van der Waals surface area (Å²) in [6.45, 7) is 0. The molecule has 86 valence electrons. The molecule has 0 saturated heterocycles. The predicted octanol–water partition coefficient (Wildman–Crippen LogP) is 2.46. The minimum absolute atomic E-state index is 0.252. The number of hydrogen-bond acceptors (Lipinski definition) is 3. The molecule has 1 heterocycles. The third-order valence-electron chi connectivity index (χ3n) is 2.34. The number of pyridine rings is 1. The maximum absolute atomic E-state index is 12.9. The number of aromatic nitrogens is 1. The number of nitrogens with zero attached hydrogens (tertiary/aromatic N) is 1. The number of rotatable bonds is 3. The molecule has 0 aliphatic rings. The van der Waals surface area contributed by atoms with Crippen molar-refractivity contribution in [2.45, 2.75) is 0 Å². The van der Waals surface area contributed by atoms with Crippen LogP contribution in [-0.4, -0.2) is 17.9 Å². The van der Waals surface area contributed by atoms with E-state index in [0.717, 1.165) is 6.07 Å². The van der Waals surface area contributed by atoms with Gasteiger partial charge < -0.3 is 4.74 Å². The molecule has 0 radical (unpaired) electrons. The highest BCUT2D eigenvalue weighted by atomic mass is 19.1. The van der Waals surface area contributed by atoms with Crippen molar-refractivity contribution in [3.05, 3.63) is 59.7 Å². The van der Waals surface area contributed by atoms with Gasteiger partial charge in [-0.25, -0.2) is 4.98 Å². The summed E-state index contributed by atoms with van der Waals surface area (Å²) in [7, 11) is 1.49. The van der Waals surface area contributed by atoms with Crippen LogP contribution in [0.25, 0.3) is 0 Å². The number of ketones is 1. The van der Waals surface area contributed by atoms with E-state index in [-0.39, 0.29) is 11.3 Å². The smallest absolute Gasteiger partial charge is 0.213 e. The summed E-state index contributed by atoms with van der Waals surface area (Å²) in [5.74, 6) is -0.496. The average molecular weight is 231 g/mol. The monoisotopic (exact) mass is 231 g/mol. The van der Waals surface area contributed by atoms with Crippen LogP contribution in [0.5, 0.6) is 5.75 Å². The average Bonchev–Trinajstić information content (AvgIpc) is 2.38. The van der Waals surface area contributed by atoms with E-state index in [2.05, 4.69) is 4.98 Å². The minimum atomic E-state index is -0.675. The second kappa shape index (κ2) is 4.74. The number of carbonyl (C=O) groups is 1. The first-order valence-corrected chi connectivity index (χ1v) is 5.01. The molecule has 3 nitrogen and oxygen atoms in total. The molecule has 0 spiro atoms. The molecule has 0 aliphatic carbocycles. The number of methoxy groups -OCH3 is 1. The lowest BCUT2D eigenvalue weighted by atomic mass is 10.0. The second-order valence-corrected chi connectivity index (χ2v) is 3.40. The zero-order chi connectivity index (χ0) is 12.3. The number of carbonyl (C=O) groups excluding carboxylic acids is 1. The molecule has 0 unspecified atom stereocenters. The maximum atomic E-state index is 12.9. The molecule has 0 atom stereocenters. The van der Waals surface area contributed by atoms with Crippen molar-refractivity contribution in [1.29, 1.82) is 0 Å². The zero-order valence-corrected chi connectivity index (χ0v) is 9.18. The highest BCUT2D eigenvalue weighted by Crippen LogP contribution is 2.20. The van der Waals surface area contributed by atoms with Crippen LogP contribution in [0.3, 0.4) is 0 Å². The highest BCUT2D eigenvalue weighted by molar-refractivity contribution is 6.10. The molecule has 0 bridgehead atoms. The van der Waals surface area contributed by atoms with Gasteiger partial charge in [0.25, 0.3) is 0 Å². The van der Waals surface area contributed by atoms with Gasteiger partial charge >= 0.3 is 0 Å². The van der Waals surface area contributed by atoms with Crippen molar-refractivity contribution in [3.63, 3.8) is 0 Å². The lowest BCUT2D eigenvalue weighted by Gasteiger charge is -2.06. The number of para-hydroxylation sites is 1. The predicted molar refractivity (Wildman–Crippen MR) is 60.6 cm³/mol. The van der Waals surface area contributed by atoms with Crippen LogP contribution in [0.2, 0.25) is 0 Å².